The van der Waals surface area contributed by atoms with E-state index < -0.39 is 0 Å². The summed E-state index contributed by atoms with van der Waals surface area (Å²) in [5.74, 6) is -0.158. The lowest BCUT2D eigenvalue weighted by atomic mass is 10.1. The van der Waals surface area contributed by atoms with E-state index in [-0.39, 0.29) is 18.6 Å². The molecule has 0 radical (unpaired) electrons. The molecule has 5 nitrogen and oxygen atoms in total. The fraction of sp³-hybridized carbons (Fsp3) is 0.500. The van der Waals surface area contributed by atoms with Gasteiger partial charge in [-0.05, 0) is 37.0 Å². The van der Waals surface area contributed by atoms with Gasteiger partial charge in [0.15, 0.2) is 6.19 Å². The summed E-state index contributed by atoms with van der Waals surface area (Å²) in [5.41, 5.74) is 1.90. The Morgan fingerprint density at radius 3 is 3.10 bits per heavy atom. The average molecular weight is 287 g/mol. The molecular formula is C16H21N3O2. The molecule has 1 atom stereocenters. The van der Waals surface area contributed by atoms with E-state index >= 15 is 0 Å². The summed E-state index contributed by atoms with van der Waals surface area (Å²) < 4.78 is 5.46. The molecule has 5 heteroatoms. The number of amides is 1. The number of hydrogen-bond donors (Lipinski definition) is 1. The van der Waals surface area contributed by atoms with Gasteiger partial charge in [0.1, 0.15) is 6.54 Å². The average Bonchev–Trinajstić information content (AvgIpc) is 3.04. The number of nitriles is 1. The maximum atomic E-state index is 11.9. The third-order valence-corrected chi connectivity index (χ3v) is 3.60. The van der Waals surface area contributed by atoms with Crippen molar-refractivity contribution in [3.8, 4) is 6.19 Å². The van der Waals surface area contributed by atoms with E-state index in [0.29, 0.717) is 6.54 Å². The van der Waals surface area contributed by atoms with Crippen molar-refractivity contribution >= 4 is 11.6 Å². The molecule has 0 bridgehead atoms. The molecule has 112 valence electrons. The minimum absolute atomic E-state index is 0.0381. The van der Waals surface area contributed by atoms with Crippen LogP contribution in [0.5, 0.6) is 0 Å². The number of nitrogens with zero attached hydrogens (tertiary/aromatic N) is 2. The molecule has 0 aromatic heterocycles. The van der Waals surface area contributed by atoms with Gasteiger partial charge >= 0.3 is 0 Å². The van der Waals surface area contributed by atoms with Crippen molar-refractivity contribution in [3.05, 3.63) is 29.8 Å². The molecular weight excluding hydrogens is 266 g/mol. The molecule has 0 unspecified atom stereocenters. The van der Waals surface area contributed by atoms with Crippen molar-refractivity contribution in [1.29, 1.82) is 5.26 Å². The van der Waals surface area contributed by atoms with Crippen molar-refractivity contribution in [2.24, 2.45) is 0 Å². The van der Waals surface area contributed by atoms with Gasteiger partial charge in [0.25, 0.3) is 0 Å². The van der Waals surface area contributed by atoms with Crippen LogP contribution in [0.3, 0.4) is 0 Å². The summed E-state index contributed by atoms with van der Waals surface area (Å²) in [6.07, 6.45) is 5.13. The minimum atomic E-state index is -0.158. The van der Waals surface area contributed by atoms with Crippen molar-refractivity contribution < 1.29 is 9.53 Å². The summed E-state index contributed by atoms with van der Waals surface area (Å²) in [5, 5.41) is 12.1. The first-order chi connectivity index (χ1) is 10.2. The normalized spacial score (nSPS) is 17.2. The van der Waals surface area contributed by atoms with Gasteiger partial charge in [-0.25, -0.2) is 0 Å². The maximum absolute atomic E-state index is 11.9. The van der Waals surface area contributed by atoms with Crippen LogP contribution >= 0.6 is 0 Å². The van der Waals surface area contributed by atoms with Gasteiger partial charge in [-0.15, -0.1) is 0 Å². The number of rotatable bonds is 6. The molecule has 21 heavy (non-hydrogen) atoms. The molecule has 1 aliphatic rings. The largest absolute Gasteiger partial charge is 0.376 e. The number of ether oxygens (including phenoxy) is 1. The van der Waals surface area contributed by atoms with Crippen LogP contribution in [0.25, 0.3) is 0 Å². The number of carbonyl (C=O) groups is 1. The highest BCUT2D eigenvalue weighted by Crippen LogP contribution is 2.16. The predicted octanol–water partition coefficient (Wildman–Crippen LogP) is 1.83. The van der Waals surface area contributed by atoms with Crippen LogP contribution in [-0.4, -0.2) is 31.7 Å². The van der Waals surface area contributed by atoms with Gasteiger partial charge in [-0.1, -0.05) is 19.1 Å². The fourth-order valence-electron chi connectivity index (χ4n) is 2.36. The van der Waals surface area contributed by atoms with Crippen LogP contribution < -0.4 is 10.2 Å². The minimum Gasteiger partial charge on any atom is -0.376 e. The van der Waals surface area contributed by atoms with Crippen LogP contribution in [0.4, 0.5) is 5.69 Å². The molecule has 1 saturated heterocycles. The Morgan fingerprint density at radius 1 is 1.57 bits per heavy atom. The quantitative estimate of drug-likeness (QED) is 0.640. The first-order valence-corrected chi connectivity index (χ1v) is 7.37. The molecule has 1 fully saturated rings. The zero-order valence-corrected chi connectivity index (χ0v) is 12.3. The number of anilines is 1. The second-order valence-corrected chi connectivity index (χ2v) is 5.15. The Morgan fingerprint density at radius 2 is 2.43 bits per heavy atom. The molecule has 1 amide bonds. The predicted molar refractivity (Wildman–Crippen MR) is 80.8 cm³/mol. The van der Waals surface area contributed by atoms with Gasteiger partial charge in [0.05, 0.1) is 11.8 Å². The first kappa shape index (κ1) is 15.3. The summed E-state index contributed by atoms with van der Waals surface area (Å²) in [6, 6.07) is 7.70. The lowest BCUT2D eigenvalue weighted by Crippen LogP contribution is -2.38. The Kier molecular flexibility index (Phi) is 5.59. The molecule has 0 spiro atoms. The topological polar surface area (TPSA) is 65.4 Å². The Hall–Kier alpha value is -2.06. The first-order valence-electron chi connectivity index (χ1n) is 7.37. The zero-order valence-electron chi connectivity index (χ0n) is 12.3. The van der Waals surface area contributed by atoms with Crippen LogP contribution in [0.2, 0.25) is 0 Å². The summed E-state index contributed by atoms with van der Waals surface area (Å²) >= 11 is 0. The molecule has 0 aliphatic carbocycles. The zero-order chi connectivity index (χ0) is 15.1. The molecule has 1 N–H and O–H groups in total. The van der Waals surface area contributed by atoms with E-state index in [2.05, 4.69) is 18.4 Å². The van der Waals surface area contributed by atoms with Crippen molar-refractivity contribution in [3.63, 3.8) is 0 Å². The van der Waals surface area contributed by atoms with Crippen molar-refractivity contribution in [2.75, 3.05) is 24.6 Å². The van der Waals surface area contributed by atoms with E-state index in [1.807, 2.05) is 24.3 Å². The second-order valence-electron chi connectivity index (χ2n) is 5.15. The van der Waals surface area contributed by atoms with Gasteiger partial charge in [0.2, 0.25) is 5.91 Å². The SMILES string of the molecule is CCc1cccc(N(C#N)CC(=O)NC[C@@H]2CCCO2)c1. The van der Waals surface area contributed by atoms with Gasteiger partial charge in [-0.2, -0.15) is 5.26 Å². The van der Waals surface area contributed by atoms with Crippen LogP contribution in [0, 0.1) is 11.5 Å². The third kappa shape index (κ3) is 4.47. The summed E-state index contributed by atoms with van der Waals surface area (Å²) in [4.78, 5) is 13.3. The fourth-order valence-corrected chi connectivity index (χ4v) is 2.36. The second kappa shape index (κ2) is 7.65. The monoisotopic (exact) mass is 287 g/mol. The molecule has 1 aliphatic heterocycles. The van der Waals surface area contributed by atoms with E-state index in [1.54, 1.807) is 0 Å². The summed E-state index contributed by atoms with van der Waals surface area (Å²) in [7, 11) is 0. The highest BCUT2D eigenvalue weighted by molar-refractivity contribution is 5.82. The van der Waals surface area contributed by atoms with Crippen LogP contribution in [0.15, 0.2) is 24.3 Å². The highest BCUT2D eigenvalue weighted by atomic mass is 16.5. The highest BCUT2D eigenvalue weighted by Gasteiger charge is 2.17. The standard InChI is InChI=1S/C16H21N3O2/c1-2-13-5-3-6-14(9-13)19(12-17)11-16(20)18-10-15-7-4-8-21-15/h3,5-6,9,15H,2,4,7-8,10-11H2,1H3,(H,18,20)/t15-/m0/s1. The summed E-state index contributed by atoms with van der Waals surface area (Å²) in [6.45, 7) is 3.39. The smallest absolute Gasteiger partial charge is 0.240 e. The Balaban J connectivity index is 1.88. The van der Waals surface area contributed by atoms with E-state index in [0.717, 1.165) is 37.1 Å². The Labute approximate surface area is 125 Å². The van der Waals surface area contributed by atoms with E-state index in [9.17, 15) is 10.1 Å². The van der Waals surface area contributed by atoms with Gasteiger partial charge in [-0.3, -0.25) is 9.69 Å². The maximum Gasteiger partial charge on any atom is 0.240 e. The number of hydrogen-bond acceptors (Lipinski definition) is 4. The van der Waals surface area contributed by atoms with Gasteiger partial charge < -0.3 is 10.1 Å². The van der Waals surface area contributed by atoms with E-state index in [1.165, 1.54) is 4.90 Å². The molecule has 1 aromatic rings. The molecule has 2 rings (SSSR count). The number of nitrogens with one attached hydrogen (secondary N) is 1. The third-order valence-electron chi connectivity index (χ3n) is 3.60. The number of aryl methyl sites for hydroxylation is 1. The number of carbonyl (C=O) groups excluding carboxylic acids is 1. The van der Waals surface area contributed by atoms with Crippen molar-refractivity contribution in [2.45, 2.75) is 32.3 Å². The molecule has 1 aromatic carbocycles. The Bertz CT molecular complexity index is 518. The number of benzene rings is 1. The lowest BCUT2D eigenvalue weighted by molar-refractivity contribution is -0.120. The lowest BCUT2D eigenvalue weighted by Gasteiger charge is -2.17. The van der Waals surface area contributed by atoms with Gasteiger partial charge in [0, 0.05) is 13.2 Å². The molecule has 0 saturated carbocycles. The van der Waals surface area contributed by atoms with Crippen LogP contribution in [-0.2, 0) is 16.0 Å². The van der Waals surface area contributed by atoms with Crippen molar-refractivity contribution in [1.82, 2.24) is 5.32 Å². The van der Waals surface area contributed by atoms with E-state index in [4.69, 9.17) is 4.74 Å². The molecule has 1 heterocycles. The van der Waals surface area contributed by atoms with Crippen LogP contribution in [0.1, 0.15) is 25.3 Å².